The van der Waals surface area contributed by atoms with Gasteiger partial charge >= 0.3 is 11.9 Å². The van der Waals surface area contributed by atoms with Crippen molar-refractivity contribution >= 4 is 11.9 Å². The van der Waals surface area contributed by atoms with Crippen LogP contribution in [0.3, 0.4) is 0 Å². The molecule has 180 valence electrons. The maximum atomic E-state index is 12.6. The monoisotopic (exact) mass is 455 g/mol. The lowest BCUT2D eigenvalue weighted by Gasteiger charge is -2.34. The molecule has 0 bridgehead atoms. The number of hydrogen-bond donors (Lipinski definition) is 1. The number of carbonyl (C=O) groups is 2. The number of piperazine rings is 1. The third-order valence-corrected chi connectivity index (χ3v) is 6.15. The van der Waals surface area contributed by atoms with Crippen LogP contribution in [0.1, 0.15) is 44.6 Å². The lowest BCUT2D eigenvalue weighted by molar-refractivity contribution is -0.139. The Morgan fingerprint density at radius 2 is 1.61 bits per heavy atom. The van der Waals surface area contributed by atoms with Crippen molar-refractivity contribution in [3.63, 3.8) is 0 Å². The van der Waals surface area contributed by atoms with Crippen molar-refractivity contribution < 1.29 is 19.4 Å². The van der Waals surface area contributed by atoms with Crippen molar-refractivity contribution in [1.29, 1.82) is 0 Å². The number of carboxylic acid groups (broad SMARTS) is 1. The number of esters is 1. The molecule has 2 aliphatic rings. The Morgan fingerprint density at radius 3 is 2.30 bits per heavy atom. The molecule has 33 heavy (non-hydrogen) atoms. The van der Waals surface area contributed by atoms with Gasteiger partial charge in [0.2, 0.25) is 0 Å². The van der Waals surface area contributed by atoms with E-state index in [1.54, 1.807) is 12.4 Å². The molecular formula is C26H37N3O4. The molecule has 0 unspecified atom stereocenters. The van der Waals surface area contributed by atoms with E-state index in [0.717, 1.165) is 65.0 Å². The summed E-state index contributed by atoms with van der Waals surface area (Å²) >= 11 is 0. The van der Waals surface area contributed by atoms with Crippen molar-refractivity contribution in [3.05, 3.63) is 59.4 Å². The predicted octanol–water partition coefficient (Wildman–Crippen LogP) is 3.49. The number of benzene rings is 1. The summed E-state index contributed by atoms with van der Waals surface area (Å²) in [5.74, 6) is -1.39. The summed E-state index contributed by atoms with van der Waals surface area (Å²) in [6, 6.07) is 10.5. The molecule has 0 saturated carbocycles. The second-order valence-corrected chi connectivity index (χ2v) is 8.83. The fourth-order valence-electron chi connectivity index (χ4n) is 4.22. The zero-order valence-electron chi connectivity index (χ0n) is 19.7. The van der Waals surface area contributed by atoms with Gasteiger partial charge in [-0.2, -0.15) is 0 Å². The van der Waals surface area contributed by atoms with Gasteiger partial charge in [-0.15, -0.1) is 0 Å². The number of aliphatic carboxylic acids is 1. The van der Waals surface area contributed by atoms with Crippen LogP contribution in [-0.2, 0) is 20.9 Å². The second kappa shape index (κ2) is 13.2. The first-order chi connectivity index (χ1) is 16.0. The Balaban J connectivity index is 1.36. The predicted molar refractivity (Wildman–Crippen MR) is 128 cm³/mol. The quantitative estimate of drug-likeness (QED) is 0.382. The lowest BCUT2D eigenvalue weighted by Crippen LogP contribution is -2.46. The zero-order chi connectivity index (χ0) is 23.5. The number of rotatable bonds is 12. The van der Waals surface area contributed by atoms with Crippen molar-refractivity contribution in [1.82, 2.24) is 14.7 Å². The maximum Gasteiger partial charge on any atom is 0.335 e. The van der Waals surface area contributed by atoms with E-state index >= 15 is 0 Å². The average molecular weight is 456 g/mol. The van der Waals surface area contributed by atoms with Gasteiger partial charge in [0.05, 0.1) is 17.8 Å². The van der Waals surface area contributed by atoms with Gasteiger partial charge in [0, 0.05) is 64.6 Å². The molecule has 1 N–H and O–H groups in total. The van der Waals surface area contributed by atoms with Gasteiger partial charge in [0.25, 0.3) is 0 Å². The van der Waals surface area contributed by atoms with E-state index in [0.29, 0.717) is 18.7 Å². The number of carbonyl (C=O) groups excluding carboxylic acids is 1. The molecule has 1 aromatic carbocycles. The van der Waals surface area contributed by atoms with Gasteiger partial charge in [-0.1, -0.05) is 50.1 Å². The van der Waals surface area contributed by atoms with E-state index in [-0.39, 0.29) is 12.0 Å². The molecule has 2 aliphatic heterocycles. The molecule has 0 radical (unpaired) electrons. The maximum absolute atomic E-state index is 12.6. The van der Waals surface area contributed by atoms with Gasteiger partial charge in [-0.25, -0.2) is 9.59 Å². The molecule has 1 fully saturated rings. The summed E-state index contributed by atoms with van der Waals surface area (Å²) in [7, 11) is 0. The topological polar surface area (TPSA) is 73.3 Å². The first-order valence-corrected chi connectivity index (χ1v) is 12.1. The molecule has 3 rings (SSSR count). The van der Waals surface area contributed by atoms with Crippen molar-refractivity contribution in [2.45, 2.75) is 45.6 Å². The first-order valence-electron chi connectivity index (χ1n) is 12.1. The number of carboxylic acids is 1. The van der Waals surface area contributed by atoms with Crippen LogP contribution in [0, 0.1) is 0 Å². The first kappa shape index (κ1) is 25.0. The minimum absolute atomic E-state index is 0.113. The van der Waals surface area contributed by atoms with E-state index < -0.39 is 11.9 Å². The third-order valence-electron chi connectivity index (χ3n) is 6.15. The summed E-state index contributed by atoms with van der Waals surface area (Å²) in [6.07, 6.45) is 7.38. The molecule has 1 saturated heterocycles. The highest BCUT2D eigenvalue weighted by atomic mass is 16.5. The lowest BCUT2D eigenvalue weighted by atomic mass is 10.0. The SMILES string of the molecule is CCCCCN1C=C(C(=O)O)CC(C(=O)OCCCN2CCN(Cc3ccccc3)CC2)=C1. The fourth-order valence-corrected chi connectivity index (χ4v) is 4.22. The number of nitrogens with zero attached hydrogens (tertiary/aromatic N) is 3. The summed E-state index contributed by atoms with van der Waals surface area (Å²) < 4.78 is 5.48. The number of unbranched alkanes of at least 4 members (excludes halogenated alkanes) is 2. The minimum atomic E-state index is -0.986. The summed E-state index contributed by atoms with van der Waals surface area (Å²) in [5.41, 5.74) is 2.00. The van der Waals surface area contributed by atoms with E-state index in [2.05, 4.69) is 41.0 Å². The van der Waals surface area contributed by atoms with Crippen LogP contribution in [0.15, 0.2) is 53.9 Å². The molecule has 0 aromatic heterocycles. The van der Waals surface area contributed by atoms with Crippen LogP contribution in [0.4, 0.5) is 0 Å². The molecule has 7 nitrogen and oxygen atoms in total. The van der Waals surface area contributed by atoms with E-state index in [1.165, 1.54) is 5.56 Å². The summed E-state index contributed by atoms with van der Waals surface area (Å²) in [6.45, 7) is 9.19. The molecule has 2 heterocycles. The van der Waals surface area contributed by atoms with Crippen LogP contribution >= 0.6 is 0 Å². The molecule has 1 aromatic rings. The Hall–Kier alpha value is -2.64. The highest BCUT2D eigenvalue weighted by Crippen LogP contribution is 2.21. The van der Waals surface area contributed by atoms with Crippen molar-refractivity contribution in [3.8, 4) is 0 Å². The van der Waals surface area contributed by atoms with Crippen LogP contribution in [0.25, 0.3) is 0 Å². The van der Waals surface area contributed by atoms with Gasteiger partial charge in [-0.3, -0.25) is 4.90 Å². The van der Waals surface area contributed by atoms with Crippen LogP contribution in [0.2, 0.25) is 0 Å². The third kappa shape index (κ3) is 8.33. The number of ether oxygens (including phenoxy) is 1. The van der Waals surface area contributed by atoms with Crippen LogP contribution in [-0.4, -0.2) is 77.6 Å². The summed E-state index contributed by atoms with van der Waals surface area (Å²) in [5, 5.41) is 9.40. The Labute approximate surface area is 197 Å². The van der Waals surface area contributed by atoms with Gasteiger partial charge in [-0.05, 0) is 18.4 Å². The second-order valence-electron chi connectivity index (χ2n) is 8.83. The Morgan fingerprint density at radius 1 is 0.909 bits per heavy atom. The zero-order valence-corrected chi connectivity index (χ0v) is 19.7. The van der Waals surface area contributed by atoms with E-state index in [1.807, 2.05) is 11.0 Å². The molecule has 0 aliphatic carbocycles. The molecular weight excluding hydrogens is 418 g/mol. The number of hydrogen-bond acceptors (Lipinski definition) is 6. The average Bonchev–Trinajstić information content (AvgIpc) is 2.83. The standard InChI is InChI=1S/C26H37N3O4/c1-2-3-7-11-29-20-23(25(30)31)18-24(21-29)26(32)33-17-8-12-27-13-15-28(16-14-27)19-22-9-5-4-6-10-22/h4-6,9-10,20-21H,2-3,7-8,11-19H2,1H3,(H,30,31). The smallest absolute Gasteiger partial charge is 0.335 e. The van der Waals surface area contributed by atoms with Gasteiger partial charge < -0.3 is 19.6 Å². The largest absolute Gasteiger partial charge is 0.478 e. The Bertz CT molecular complexity index is 829. The molecule has 7 heteroatoms. The van der Waals surface area contributed by atoms with Crippen LogP contribution in [0.5, 0.6) is 0 Å². The van der Waals surface area contributed by atoms with Gasteiger partial charge in [0.15, 0.2) is 0 Å². The van der Waals surface area contributed by atoms with Crippen molar-refractivity contribution in [2.24, 2.45) is 0 Å². The highest BCUT2D eigenvalue weighted by molar-refractivity contribution is 5.94. The fraction of sp³-hybridized carbons (Fsp3) is 0.538. The minimum Gasteiger partial charge on any atom is -0.478 e. The van der Waals surface area contributed by atoms with E-state index in [4.69, 9.17) is 4.74 Å². The Kier molecular flexibility index (Phi) is 9.97. The van der Waals surface area contributed by atoms with Crippen molar-refractivity contribution in [2.75, 3.05) is 45.9 Å². The normalized spacial score (nSPS) is 17.4. The van der Waals surface area contributed by atoms with Gasteiger partial charge in [0.1, 0.15) is 0 Å². The summed E-state index contributed by atoms with van der Waals surface area (Å²) in [4.78, 5) is 30.7. The van der Waals surface area contributed by atoms with Crippen LogP contribution < -0.4 is 0 Å². The highest BCUT2D eigenvalue weighted by Gasteiger charge is 2.23. The molecule has 0 atom stereocenters. The van der Waals surface area contributed by atoms with E-state index in [9.17, 15) is 14.7 Å². The molecule has 0 amide bonds. The molecule has 0 spiro atoms.